The van der Waals surface area contributed by atoms with Gasteiger partial charge in [-0.2, -0.15) is 0 Å². The van der Waals surface area contributed by atoms with E-state index >= 15 is 0 Å². The van der Waals surface area contributed by atoms with Crippen LogP contribution in [0, 0.1) is 0 Å². The minimum Gasteiger partial charge on any atom is -0.395 e. The second-order valence-corrected chi connectivity index (χ2v) is 9.30. The molecule has 1 aromatic carbocycles. The van der Waals surface area contributed by atoms with Crippen molar-refractivity contribution in [2.24, 2.45) is 0 Å². The predicted molar refractivity (Wildman–Crippen MR) is 133 cm³/mol. The van der Waals surface area contributed by atoms with Crippen molar-refractivity contribution in [3.63, 3.8) is 0 Å². The molecule has 0 radical (unpaired) electrons. The van der Waals surface area contributed by atoms with Crippen LogP contribution in [-0.2, 0) is 13.0 Å². The molecular weight excluding hydrogens is 434 g/mol. The lowest BCUT2D eigenvalue weighted by molar-refractivity contribution is 0.0945. The van der Waals surface area contributed by atoms with E-state index in [9.17, 15) is 4.79 Å². The Morgan fingerprint density at radius 1 is 1.12 bits per heavy atom. The summed E-state index contributed by atoms with van der Waals surface area (Å²) in [5.74, 6) is 0.930. The normalized spacial score (nSPS) is 11.1. The lowest BCUT2D eigenvalue weighted by atomic mass is 10.1. The summed E-state index contributed by atoms with van der Waals surface area (Å²) in [5.41, 5.74) is 3.74. The number of carbonyl (C=O) groups is 1. The van der Waals surface area contributed by atoms with Crippen molar-refractivity contribution < 1.29 is 9.90 Å². The third kappa shape index (κ3) is 8.70. The molecule has 0 bridgehead atoms. The number of carbonyl (C=O) groups excluding carboxylic acids is 1. The molecule has 2 heterocycles. The van der Waals surface area contributed by atoms with E-state index in [1.165, 1.54) is 38.5 Å². The van der Waals surface area contributed by atoms with Gasteiger partial charge in [0, 0.05) is 48.9 Å². The fourth-order valence-electron chi connectivity index (χ4n) is 3.58. The summed E-state index contributed by atoms with van der Waals surface area (Å²) in [5, 5.41) is 12.5. The highest BCUT2D eigenvalue weighted by atomic mass is 32.2. The summed E-state index contributed by atoms with van der Waals surface area (Å²) in [6, 6.07) is 7.48. The quantitative estimate of drug-likeness (QED) is 0.226. The van der Waals surface area contributed by atoms with Crippen LogP contribution in [-0.4, -0.2) is 49.4 Å². The molecule has 0 spiro atoms. The largest absolute Gasteiger partial charge is 0.395 e. The molecule has 2 aromatic heterocycles. The van der Waals surface area contributed by atoms with Crippen LogP contribution in [0.4, 0.5) is 0 Å². The summed E-state index contributed by atoms with van der Waals surface area (Å²) in [6.07, 6.45) is 14.4. The van der Waals surface area contributed by atoms with E-state index in [-0.39, 0.29) is 19.1 Å². The van der Waals surface area contributed by atoms with Crippen molar-refractivity contribution in [3.05, 3.63) is 65.5 Å². The Bertz CT molecular complexity index is 967. The number of hydrogen-bond acceptors (Lipinski definition) is 5. The highest BCUT2D eigenvalue weighted by Gasteiger charge is 2.07. The van der Waals surface area contributed by atoms with E-state index in [0.717, 1.165) is 34.3 Å². The number of hydrogen-bond donors (Lipinski definition) is 3. The van der Waals surface area contributed by atoms with Gasteiger partial charge in [-0.05, 0) is 24.1 Å². The zero-order valence-corrected chi connectivity index (χ0v) is 20.2. The minimum absolute atomic E-state index is 0.0648. The third-order valence-electron chi connectivity index (χ3n) is 5.38. The molecule has 0 aliphatic carbocycles. The molecule has 0 atom stereocenters. The van der Waals surface area contributed by atoms with E-state index in [0.29, 0.717) is 12.1 Å². The zero-order valence-electron chi connectivity index (χ0n) is 19.4. The van der Waals surface area contributed by atoms with Crippen molar-refractivity contribution in [2.45, 2.75) is 63.6 Å². The van der Waals surface area contributed by atoms with E-state index in [1.807, 2.05) is 35.4 Å². The van der Waals surface area contributed by atoms with Gasteiger partial charge in [0.15, 0.2) is 5.16 Å². The topological polar surface area (TPSA) is 95.8 Å². The van der Waals surface area contributed by atoms with Crippen LogP contribution >= 0.6 is 11.8 Å². The Morgan fingerprint density at radius 2 is 1.91 bits per heavy atom. The van der Waals surface area contributed by atoms with Gasteiger partial charge < -0.3 is 20.0 Å². The molecule has 1 amide bonds. The number of aromatic nitrogens is 4. The van der Waals surface area contributed by atoms with Gasteiger partial charge in [0.2, 0.25) is 0 Å². The monoisotopic (exact) mass is 469 g/mol. The van der Waals surface area contributed by atoms with Crippen LogP contribution in [0.3, 0.4) is 0 Å². The van der Waals surface area contributed by atoms with Gasteiger partial charge in [-0.25, -0.2) is 9.97 Å². The maximum atomic E-state index is 11.9. The Kier molecular flexibility index (Phi) is 10.5. The van der Waals surface area contributed by atoms with E-state index < -0.39 is 0 Å². The molecule has 0 saturated heterocycles. The molecule has 8 heteroatoms. The number of nitrogens with one attached hydrogen (secondary N) is 2. The summed E-state index contributed by atoms with van der Waals surface area (Å²) >= 11 is 1.80. The van der Waals surface area contributed by atoms with Crippen molar-refractivity contribution in [1.82, 2.24) is 24.8 Å². The van der Waals surface area contributed by atoms with E-state index in [2.05, 4.69) is 27.2 Å². The van der Waals surface area contributed by atoms with Crippen molar-refractivity contribution >= 4 is 17.7 Å². The molecule has 0 fully saturated rings. The second kappa shape index (κ2) is 13.9. The van der Waals surface area contributed by atoms with E-state index in [4.69, 9.17) is 5.11 Å². The maximum absolute atomic E-state index is 11.9. The lowest BCUT2D eigenvalue weighted by Gasteiger charge is -2.06. The number of nitrogens with zero attached hydrogens (tertiary/aromatic N) is 3. The second-order valence-electron chi connectivity index (χ2n) is 8.22. The van der Waals surface area contributed by atoms with Crippen LogP contribution in [0.1, 0.15) is 72.8 Å². The number of unbranched alkanes of at least 4 members (excludes halogenated alkanes) is 5. The highest BCUT2D eigenvalue weighted by Crippen LogP contribution is 2.18. The molecule has 7 nitrogen and oxygen atoms in total. The maximum Gasteiger partial charge on any atom is 0.251 e. The molecule has 3 aromatic rings. The van der Waals surface area contributed by atoms with Crippen LogP contribution in [0.25, 0.3) is 0 Å². The van der Waals surface area contributed by atoms with E-state index in [1.54, 1.807) is 23.9 Å². The molecule has 3 N–H and O–H groups in total. The zero-order chi connectivity index (χ0) is 23.3. The number of benzene rings is 1. The van der Waals surface area contributed by atoms with Crippen molar-refractivity contribution in [3.8, 4) is 0 Å². The molecular formula is C25H35N5O2S. The van der Waals surface area contributed by atoms with Crippen molar-refractivity contribution in [1.29, 1.82) is 0 Å². The van der Waals surface area contributed by atoms with Gasteiger partial charge in [0.25, 0.3) is 5.91 Å². The van der Waals surface area contributed by atoms with Gasteiger partial charge in [-0.15, -0.1) is 0 Å². The fraction of sp³-hybridized carbons (Fsp3) is 0.480. The first-order valence-electron chi connectivity index (χ1n) is 11.8. The summed E-state index contributed by atoms with van der Waals surface area (Å²) in [4.78, 5) is 24.4. The number of aromatic amines is 1. The van der Waals surface area contributed by atoms with Crippen LogP contribution in [0.15, 0.2) is 48.1 Å². The number of thioether (sulfide) groups is 1. The number of aliphatic hydroxyl groups is 1. The predicted octanol–water partition coefficient (Wildman–Crippen LogP) is 4.42. The standard InChI is InChI=1S/C25H35N5O2S/c1-2-3-4-5-6-7-14-33-25-27-16-22(29-25)15-23-18-30(19-28-23)17-20-8-10-21(11-9-20)24(32)26-12-13-31/h8-11,16,18-19,31H,2-7,12-15,17H2,1H3,(H,26,32)(H,27,29). The SMILES string of the molecule is CCCCCCCCSc1ncc(Cc2cn(Cc3ccc(C(=O)NCCO)cc3)cn2)[nH]1. The van der Waals surface area contributed by atoms with Gasteiger partial charge in [0.1, 0.15) is 0 Å². The van der Waals surface area contributed by atoms with Gasteiger partial charge in [0.05, 0.1) is 18.6 Å². The molecule has 0 aliphatic heterocycles. The number of imidazole rings is 2. The van der Waals surface area contributed by atoms with Gasteiger partial charge in [-0.1, -0.05) is 62.9 Å². The molecule has 33 heavy (non-hydrogen) atoms. The number of amides is 1. The van der Waals surface area contributed by atoms with Gasteiger partial charge >= 0.3 is 0 Å². The number of H-pyrrole nitrogens is 1. The van der Waals surface area contributed by atoms with Crippen LogP contribution in [0.5, 0.6) is 0 Å². The number of rotatable bonds is 15. The lowest BCUT2D eigenvalue weighted by Crippen LogP contribution is -2.26. The Labute approximate surface area is 200 Å². The molecule has 0 saturated carbocycles. The first-order valence-corrected chi connectivity index (χ1v) is 12.8. The Hall–Kier alpha value is -2.58. The van der Waals surface area contributed by atoms with Crippen LogP contribution in [0.2, 0.25) is 0 Å². The smallest absolute Gasteiger partial charge is 0.251 e. The van der Waals surface area contributed by atoms with Crippen molar-refractivity contribution in [2.75, 3.05) is 18.9 Å². The summed E-state index contributed by atoms with van der Waals surface area (Å²) in [6.45, 7) is 3.13. The average Bonchev–Trinajstić information content (AvgIpc) is 3.46. The van der Waals surface area contributed by atoms with Crippen LogP contribution < -0.4 is 5.32 Å². The summed E-state index contributed by atoms with van der Waals surface area (Å²) < 4.78 is 2.04. The molecule has 0 aliphatic rings. The minimum atomic E-state index is -0.176. The molecule has 178 valence electrons. The molecule has 0 unspecified atom stereocenters. The molecule has 3 rings (SSSR count). The highest BCUT2D eigenvalue weighted by molar-refractivity contribution is 7.99. The first-order chi connectivity index (χ1) is 16.2. The summed E-state index contributed by atoms with van der Waals surface area (Å²) in [7, 11) is 0. The first kappa shape index (κ1) is 25.1. The fourth-order valence-corrected chi connectivity index (χ4v) is 4.45. The Morgan fingerprint density at radius 3 is 2.70 bits per heavy atom. The average molecular weight is 470 g/mol. The Balaban J connectivity index is 1.42. The van der Waals surface area contributed by atoms with Gasteiger partial charge in [-0.3, -0.25) is 4.79 Å². The number of aliphatic hydroxyl groups excluding tert-OH is 1. The third-order valence-corrected chi connectivity index (χ3v) is 6.35.